The third kappa shape index (κ3) is 4.48. The van der Waals surface area contributed by atoms with Gasteiger partial charge < -0.3 is 0 Å². The van der Waals surface area contributed by atoms with Gasteiger partial charge in [-0.1, -0.05) is 115 Å². The zero-order valence-corrected chi connectivity index (χ0v) is 18.8. The van der Waals surface area contributed by atoms with Crippen LogP contribution in [0.15, 0.2) is 127 Å². The number of aldehydes is 1. The summed E-state index contributed by atoms with van der Waals surface area (Å²) in [6, 6.07) is 44.3. The van der Waals surface area contributed by atoms with E-state index < -0.39 is 0 Å². The van der Waals surface area contributed by atoms with E-state index in [1.165, 1.54) is 39.2 Å². The number of hydrogen-bond acceptors (Lipinski definition) is 2. The Labute approximate surface area is 198 Å². The van der Waals surface area contributed by atoms with Crippen LogP contribution in [0.2, 0.25) is 0 Å². The van der Waals surface area contributed by atoms with E-state index in [4.69, 9.17) is 0 Å². The maximum absolute atomic E-state index is 11.1. The molecule has 0 fully saturated rings. The molecule has 0 aliphatic rings. The molecule has 158 valence electrons. The first-order valence-electron chi connectivity index (χ1n) is 10.9. The van der Waals surface area contributed by atoms with Gasteiger partial charge in [0.1, 0.15) is 0 Å². The van der Waals surface area contributed by atoms with E-state index in [9.17, 15) is 4.79 Å². The van der Waals surface area contributed by atoms with Gasteiger partial charge >= 0.3 is 0 Å². The molecular formula is C31H22OS. The highest BCUT2D eigenvalue weighted by Gasteiger charge is 2.16. The van der Waals surface area contributed by atoms with Crippen molar-refractivity contribution >= 4 is 28.8 Å². The van der Waals surface area contributed by atoms with Crippen molar-refractivity contribution in [2.45, 2.75) is 0 Å². The fraction of sp³-hybridized carbons (Fsp3) is 0. The first-order chi connectivity index (χ1) is 16.3. The summed E-state index contributed by atoms with van der Waals surface area (Å²) in [6.45, 7) is 0. The lowest BCUT2D eigenvalue weighted by molar-refractivity contribution is 0.112. The third-order valence-corrected chi connectivity index (χ3v) is 6.70. The molecule has 0 unspecified atom stereocenters. The third-order valence-electron chi connectivity index (χ3n) is 5.64. The largest absolute Gasteiger partial charge is 0.297 e. The maximum atomic E-state index is 11.1. The van der Waals surface area contributed by atoms with Crippen molar-refractivity contribution in [1.82, 2.24) is 0 Å². The number of carbonyl (C=O) groups is 1. The lowest BCUT2D eigenvalue weighted by atomic mass is 9.85. The van der Waals surface area contributed by atoms with Gasteiger partial charge in [0.15, 0.2) is 6.29 Å². The van der Waals surface area contributed by atoms with Gasteiger partial charge in [0, 0.05) is 4.88 Å². The minimum atomic E-state index is 0.745. The van der Waals surface area contributed by atoms with Crippen molar-refractivity contribution in [3.63, 3.8) is 0 Å². The van der Waals surface area contributed by atoms with E-state index in [1.807, 2.05) is 12.1 Å². The summed E-state index contributed by atoms with van der Waals surface area (Å²) in [5, 5.41) is 0. The van der Waals surface area contributed by atoms with Crippen molar-refractivity contribution in [2.75, 3.05) is 0 Å². The minimum absolute atomic E-state index is 0.745. The lowest BCUT2D eigenvalue weighted by Crippen LogP contribution is -1.97. The zero-order valence-electron chi connectivity index (χ0n) is 18.0. The van der Waals surface area contributed by atoms with Crippen LogP contribution in [0.5, 0.6) is 0 Å². The molecule has 0 saturated heterocycles. The SMILES string of the molecule is O=Cc1ccc(-c2ccc(C(=C(c3ccccc3)c3ccccc3)c3ccccc3)cc2)s1. The Kier molecular flexibility index (Phi) is 6.10. The Hall–Kier alpha value is -4.01. The molecule has 0 amide bonds. The average Bonchev–Trinajstić information content (AvgIpc) is 3.38. The molecule has 0 saturated carbocycles. The van der Waals surface area contributed by atoms with Crippen molar-refractivity contribution in [3.8, 4) is 10.4 Å². The predicted octanol–water partition coefficient (Wildman–Crippen LogP) is 8.24. The molecule has 0 bridgehead atoms. The van der Waals surface area contributed by atoms with Crippen molar-refractivity contribution in [1.29, 1.82) is 0 Å². The Morgan fingerprint density at radius 2 is 0.909 bits per heavy atom. The highest BCUT2D eigenvalue weighted by Crippen LogP contribution is 2.37. The van der Waals surface area contributed by atoms with Crippen LogP contribution in [0.1, 0.15) is 31.9 Å². The lowest BCUT2D eigenvalue weighted by Gasteiger charge is -2.18. The summed E-state index contributed by atoms with van der Waals surface area (Å²) in [7, 11) is 0. The van der Waals surface area contributed by atoms with Crippen LogP contribution in [-0.2, 0) is 0 Å². The van der Waals surface area contributed by atoms with Gasteiger partial charge in [-0.25, -0.2) is 0 Å². The quantitative estimate of drug-likeness (QED) is 0.191. The molecule has 1 heterocycles. The molecule has 0 radical (unpaired) electrons. The van der Waals surface area contributed by atoms with E-state index in [0.717, 1.165) is 27.2 Å². The van der Waals surface area contributed by atoms with Crippen LogP contribution in [-0.4, -0.2) is 6.29 Å². The molecule has 5 rings (SSSR count). The van der Waals surface area contributed by atoms with E-state index in [2.05, 4.69) is 115 Å². The summed E-state index contributed by atoms with van der Waals surface area (Å²) in [4.78, 5) is 12.9. The average molecular weight is 443 g/mol. The molecule has 2 heteroatoms. The van der Waals surface area contributed by atoms with Crippen LogP contribution in [0, 0.1) is 0 Å². The highest BCUT2D eigenvalue weighted by molar-refractivity contribution is 7.17. The first-order valence-corrected chi connectivity index (χ1v) is 11.7. The van der Waals surface area contributed by atoms with Crippen LogP contribution >= 0.6 is 11.3 Å². The van der Waals surface area contributed by atoms with Crippen molar-refractivity contribution < 1.29 is 4.79 Å². The summed E-state index contributed by atoms with van der Waals surface area (Å²) in [5.41, 5.74) is 8.20. The number of benzene rings is 4. The summed E-state index contributed by atoms with van der Waals surface area (Å²) in [6.07, 6.45) is 0.908. The van der Waals surface area contributed by atoms with E-state index in [1.54, 1.807) is 0 Å². The van der Waals surface area contributed by atoms with Gasteiger partial charge in [-0.15, -0.1) is 11.3 Å². The van der Waals surface area contributed by atoms with Crippen molar-refractivity contribution in [2.24, 2.45) is 0 Å². The Bertz CT molecular complexity index is 1340. The molecule has 0 N–H and O–H groups in total. The van der Waals surface area contributed by atoms with Crippen LogP contribution in [0.3, 0.4) is 0 Å². The molecule has 0 spiro atoms. The van der Waals surface area contributed by atoms with Gasteiger partial charge in [0.25, 0.3) is 0 Å². The second-order valence-corrected chi connectivity index (χ2v) is 8.86. The smallest absolute Gasteiger partial charge is 0.160 e. The number of hydrogen-bond donors (Lipinski definition) is 0. The van der Waals surface area contributed by atoms with Crippen LogP contribution in [0.25, 0.3) is 21.6 Å². The Morgan fingerprint density at radius 3 is 1.30 bits per heavy atom. The van der Waals surface area contributed by atoms with Crippen molar-refractivity contribution in [3.05, 3.63) is 155 Å². The normalized spacial score (nSPS) is 10.5. The topological polar surface area (TPSA) is 17.1 Å². The molecule has 0 aliphatic carbocycles. The number of rotatable bonds is 6. The summed E-state index contributed by atoms with van der Waals surface area (Å²) >= 11 is 1.52. The molecule has 1 aromatic heterocycles. The molecule has 0 aliphatic heterocycles. The van der Waals surface area contributed by atoms with Gasteiger partial charge in [0.05, 0.1) is 4.88 Å². The number of carbonyl (C=O) groups excluding carboxylic acids is 1. The molecule has 0 atom stereocenters. The zero-order chi connectivity index (χ0) is 22.5. The number of thiophene rings is 1. The fourth-order valence-corrected chi connectivity index (χ4v) is 4.93. The van der Waals surface area contributed by atoms with Crippen LogP contribution < -0.4 is 0 Å². The maximum Gasteiger partial charge on any atom is 0.160 e. The molecule has 4 aromatic carbocycles. The molecule has 33 heavy (non-hydrogen) atoms. The monoisotopic (exact) mass is 442 g/mol. The van der Waals surface area contributed by atoms with Gasteiger partial charge in [-0.3, -0.25) is 4.79 Å². The predicted molar refractivity (Wildman–Crippen MR) is 139 cm³/mol. The highest BCUT2D eigenvalue weighted by atomic mass is 32.1. The van der Waals surface area contributed by atoms with Gasteiger partial charge in [-0.2, -0.15) is 0 Å². The van der Waals surface area contributed by atoms with E-state index in [0.29, 0.717) is 0 Å². The summed E-state index contributed by atoms with van der Waals surface area (Å²) in [5.74, 6) is 0. The first kappa shape index (κ1) is 20.9. The Morgan fingerprint density at radius 1 is 0.485 bits per heavy atom. The van der Waals surface area contributed by atoms with Gasteiger partial charge in [0.2, 0.25) is 0 Å². The van der Waals surface area contributed by atoms with Gasteiger partial charge in [-0.05, 0) is 51.1 Å². The Balaban J connectivity index is 1.73. The van der Waals surface area contributed by atoms with Crippen LogP contribution in [0.4, 0.5) is 0 Å². The second kappa shape index (κ2) is 9.64. The van der Waals surface area contributed by atoms with E-state index in [-0.39, 0.29) is 0 Å². The minimum Gasteiger partial charge on any atom is -0.297 e. The molecular weight excluding hydrogens is 420 g/mol. The molecule has 5 aromatic rings. The summed E-state index contributed by atoms with van der Waals surface area (Å²) < 4.78 is 0. The van der Waals surface area contributed by atoms with E-state index >= 15 is 0 Å². The fourth-order valence-electron chi connectivity index (χ4n) is 4.10. The second-order valence-electron chi connectivity index (χ2n) is 7.75. The standard InChI is InChI=1S/C31H22OS/c32-22-28-20-21-29(33-28)23-16-18-27(19-17-23)31(26-14-8-3-9-15-26)30(24-10-4-1-5-11-24)25-12-6-2-7-13-25/h1-22H. The molecule has 1 nitrogen and oxygen atoms in total.